The van der Waals surface area contributed by atoms with Crippen LogP contribution in [0.15, 0.2) is 30.3 Å². The van der Waals surface area contributed by atoms with Gasteiger partial charge in [0.1, 0.15) is 6.10 Å². The predicted octanol–water partition coefficient (Wildman–Crippen LogP) is 3.99. The number of amides is 1. The van der Waals surface area contributed by atoms with Gasteiger partial charge in [-0.3, -0.25) is 4.79 Å². The van der Waals surface area contributed by atoms with Crippen LogP contribution < -0.4 is 4.74 Å². The fourth-order valence-corrected chi connectivity index (χ4v) is 2.96. The van der Waals surface area contributed by atoms with Gasteiger partial charge in [-0.1, -0.05) is 30.3 Å². The van der Waals surface area contributed by atoms with Crippen molar-refractivity contribution in [1.82, 2.24) is 4.90 Å². The molecule has 1 aliphatic heterocycles. The molecule has 1 amide bonds. The summed E-state index contributed by atoms with van der Waals surface area (Å²) >= 11 is 0. The van der Waals surface area contributed by atoms with E-state index in [4.69, 9.17) is 4.74 Å². The largest absolute Gasteiger partial charge is 0.484 e. The fourth-order valence-electron chi connectivity index (χ4n) is 2.96. The van der Waals surface area contributed by atoms with Crippen LogP contribution in [0.25, 0.3) is 0 Å². The molecule has 27 heavy (non-hydrogen) atoms. The minimum Gasteiger partial charge on any atom is -0.484 e. The Balaban J connectivity index is 1.61. The third kappa shape index (κ3) is 4.04. The van der Waals surface area contributed by atoms with Crippen LogP contribution in [0.5, 0.6) is 5.75 Å². The average molecular weight is 385 g/mol. The van der Waals surface area contributed by atoms with Crippen LogP contribution in [0.4, 0.5) is 22.0 Å². The van der Waals surface area contributed by atoms with Crippen LogP contribution in [0, 0.1) is 29.1 Å². The Kier molecular flexibility index (Phi) is 5.62. The normalized spacial score (nSPS) is 15.1. The summed E-state index contributed by atoms with van der Waals surface area (Å²) in [4.78, 5) is 13.9. The van der Waals surface area contributed by atoms with E-state index in [0.717, 1.165) is 5.56 Å². The van der Waals surface area contributed by atoms with Crippen LogP contribution >= 0.6 is 0 Å². The Bertz CT molecular complexity index is 807. The number of piperidine rings is 1. The fraction of sp³-hybridized carbons (Fsp3) is 0.316. The number of rotatable bonds is 4. The number of ether oxygens (including phenoxy) is 1. The van der Waals surface area contributed by atoms with E-state index in [9.17, 15) is 26.7 Å². The molecule has 0 aliphatic carbocycles. The molecule has 1 fully saturated rings. The molecule has 0 radical (unpaired) electrons. The van der Waals surface area contributed by atoms with Gasteiger partial charge in [0.25, 0.3) is 0 Å². The van der Waals surface area contributed by atoms with Crippen LogP contribution in [-0.2, 0) is 11.2 Å². The smallest absolute Gasteiger partial charge is 0.226 e. The topological polar surface area (TPSA) is 29.5 Å². The highest BCUT2D eigenvalue weighted by atomic mass is 19.2. The van der Waals surface area contributed by atoms with Crippen molar-refractivity contribution in [3.05, 3.63) is 65.0 Å². The zero-order chi connectivity index (χ0) is 19.6. The Labute approximate surface area is 152 Å². The van der Waals surface area contributed by atoms with Crippen LogP contribution in [0.3, 0.4) is 0 Å². The third-order valence-electron chi connectivity index (χ3n) is 4.45. The summed E-state index contributed by atoms with van der Waals surface area (Å²) in [7, 11) is 0. The number of hydrogen-bond acceptors (Lipinski definition) is 2. The van der Waals surface area contributed by atoms with Crippen molar-refractivity contribution in [3.63, 3.8) is 0 Å². The average Bonchev–Trinajstić information content (AvgIpc) is 2.69. The van der Waals surface area contributed by atoms with Gasteiger partial charge in [0, 0.05) is 25.9 Å². The van der Waals surface area contributed by atoms with E-state index in [-0.39, 0.29) is 38.3 Å². The van der Waals surface area contributed by atoms with E-state index in [2.05, 4.69) is 0 Å². The molecule has 0 unspecified atom stereocenters. The molecule has 1 heterocycles. The lowest BCUT2D eigenvalue weighted by molar-refractivity contribution is -0.132. The maximum atomic E-state index is 13.7. The van der Waals surface area contributed by atoms with E-state index in [1.54, 1.807) is 4.90 Å². The number of carbonyl (C=O) groups is 1. The second-order valence-electron chi connectivity index (χ2n) is 6.26. The van der Waals surface area contributed by atoms with Gasteiger partial charge >= 0.3 is 0 Å². The van der Waals surface area contributed by atoms with Gasteiger partial charge in [-0.25, -0.2) is 13.2 Å². The molecule has 2 aromatic rings. The Morgan fingerprint density at radius 1 is 0.889 bits per heavy atom. The first-order valence-corrected chi connectivity index (χ1v) is 8.38. The van der Waals surface area contributed by atoms with E-state index in [0.29, 0.717) is 0 Å². The first kappa shape index (κ1) is 19.1. The van der Waals surface area contributed by atoms with Crippen LogP contribution in [0.1, 0.15) is 18.4 Å². The first-order valence-electron chi connectivity index (χ1n) is 8.38. The zero-order valence-electron chi connectivity index (χ0n) is 14.2. The number of hydrogen-bond donors (Lipinski definition) is 0. The van der Waals surface area contributed by atoms with Crippen molar-refractivity contribution in [3.8, 4) is 5.75 Å². The molecular weight excluding hydrogens is 369 g/mol. The molecule has 0 bridgehead atoms. The predicted molar refractivity (Wildman–Crippen MR) is 86.6 cm³/mol. The lowest BCUT2D eigenvalue weighted by atomic mass is 10.1. The molecule has 1 saturated heterocycles. The number of nitrogens with zero attached hydrogens (tertiary/aromatic N) is 1. The summed E-state index contributed by atoms with van der Waals surface area (Å²) in [6.07, 6.45) is -0.0802. The van der Waals surface area contributed by atoms with Gasteiger partial charge in [-0.15, -0.1) is 0 Å². The molecule has 144 valence electrons. The van der Waals surface area contributed by atoms with Crippen molar-refractivity contribution in [2.75, 3.05) is 13.1 Å². The lowest BCUT2D eigenvalue weighted by Crippen LogP contribution is -2.42. The van der Waals surface area contributed by atoms with Gasteiger partial charge in [0.15, 0.2) is 5.75 Å². The van der Waals surface area contributed by atoms with Crippen molar-refractivity contribution < 1.29 is 31.5 Å². The molecule has 0 saturated carbocycles. The summed E-state index contributed by atoms with van der Waals surface area (Å²) in [6, 6.07) is 9.16. The quantitative estimate of drug-likeness (QED) is 0.453. The number of likely N-dealkylation sites (tertiary alicyclic amines) is 1. The number of halogens is 5. The highest BCUT2D eigenvalue weighted by Gasteiger charge is 2.30. The standard InChI is InChI=1S/C19H16F5NO2/c20-14-15(21)17(23)19(18(24)16(14)22)27-12-6-8-25(9-7-12)13(26)10-11-4-2-1-3-5-11/h1-5,12H,6-10H2. The Morgan fingerprint density at radius 2 is 1.41 bits per heavy atom. The maximum absolute atomic E-state index is 13.7. The van der Waals surface area contributed by atoms with E-state index >= 15 is 0 Å². The van der Waals surface area contributed by atoms with Crippen LogP contribution in [-0.4, -0.2) is 30.0 Å². The minimum atomic E-state index is -2.22. The second-order valence-corrected chi connectivity index (χ2v) is 6.26. The molecule has 0 aromatic heterocycles. The van der Waals surface area contributed by atoms with Gasteiger partial charge in [-0.05, 0) is 5.56 Å². The molecule has 0 N–H and O–H groups in total. The summed E-state index contributed by atoms with van der Waals surface area (Å²) < 4.78 is 72.0. The van der Waals surface area contributed by atoms with Gasteiger partial charge in [-0.2, -0.15) is 8.78 Å². The van der Waals surface area contributed by atoms with Crippen molar-refractivity contribution in [2.45, 2.75) is 25.4 Å². The molecule has 1 aliphatic rings. The van der Waals surface area contributed by atoms with Crippen LogP contribution in [0.2, 0.25) is 0 Å². The lowest BCUT2D eigenvalue weighted by Gasteiger charge is -2.32. The molecule has 0 atom stereocenters. The number of carbonyl (C=O) groups excluding carboxylic acids is 1. The van der Waals surface area contributed by atoms with Crippen molar-refractivity contribution in [1.29, 1.82) is 0 Å². The SMILES string of the molecule is O=C(Cc1ccccc1)N1CCC(Oc2c(F)c(F)c(F)c(F)c2F)CC1. The van der Waals surface area contributed by atoms with E-state index < -0.39 is 40.9 Å². The Hall–Kier alpha value is -2.64. The van der Waals surface area contributed by atoms with Gasteiger partial charge < -0.3 is 9.64 Å². The molecule has 3 rings (SSSR count). The third-order valence-corrected chi connectivity index (χ3v) is 4.45. The van der Waals surface area contributed by atoms with Gasteiger partial charge in [0.2, 0.25) is 35.0 Å². The maximum Gasteiger partial charge on any atom is 0.226 e. The highest BCUT2D eigenvalue weighted by molar-refractivity contribution is 5.78. The highest BCUT2D eigenvalue weighted by Crippen LogP contribution is 2.31. The first-order chi connectivity index (χ1) is 12.9. The van der Waals surface area contributed by atoms with E-state index in [1.807, 2.05) is 30.3 Å². The summed E-state index contributed by atoms with van der Waals surface area (Å²) in [5.74, 6) is -11.7. The molecular formula is C19H16F5NO2. The van der Waals surface area contributed by atoms with Crippen molar-refractivity contribution >= 4 is 5.91 Å². The van der Waals surface area contributed by atoms with Gasteiger partial charge in [0.05, 0.1) is 6.42 Å². The number of benzene rings is 2. The second kappa shape index (κ2) is 7.94. The van der Waals surface area contributed by atoms with Crippen molar-refractivity contribution in [2.24, 2.45) is 0 Å². The van der Waals surface area contributed by atoms with E-state index in [1.165, 1.54) is 0 Å². The molecule has 8 heteroatoms. The zero-order valence-corrected chi connectivity index (χ0v) is 14.2. The summed E-state index contributed by atoms with van der Waals surface area (Å²) in [6.45, 7) is 0.539. The summed E-state index contributed by atoms with van der Waals surface area (Å²) in [5, 5.41) is 0. The molecule has 3 nitrogen and oxygen atoms in total. The molecule has 2 aromatic carbocycles. The summed E-state index contributed by atoms with van der Waals surface area (Å²) in [5.41, 5.74) is 0.863. The molecule has 0 spiro atoms. The Morgan fingerprint density at radius 3 is 1.96 bits per heavy atom. The monoisotopic (exact) mass is 385 g/mol. The minimum absolute atomic E-state index is 0.101.